The molecule has 1 aliphatic heterocycles. The number of hydrogen-bond donors (Lipinski definition) is 1. The molecular formula is C28H26Cl2N8O4. The van der Waals surface area contributed by atoms with Crippen molar-refractivity contribution in [2.24, 2.45) is 7.05 Å². The number of hydrogen-bond acceptors (Lipinski definition) is 9. The second-order valence-electron chi connectivity index (χ2n) is 9.56. The first-order valence-corrected chi connectivity index (χ1v) is 13.7. The molecule has 1 aliphatic rings. The molecule has 5 aromatic rings. The normalized spacial score (nSPS) is 14.7. The van der Waals surface area contributed by atoms with Crippen molar-refractivity contribution in [3.63, 3.8) is 0 Å². The van der Waals surface area contributed by atoms with Gasteiger partial charge in [-0.3, -0.25) is 19.2 Å². The lowest BCUT2D eigenvalue weighted by molar-refractivity contribution is -0.279. The van der Waals surface area contributed by atoms with Crippen LogP contribution in [0.3, 0.4) is 0 Å². The average molecular weight is 609 g/mol. The predicted octanol–water partition coefficient (Wildman–Crippen LogP) is 4.62. The highest BCUT2D eigenvalue weighted by Crippen LogP contribution is 2.30. The van der Waals surface area contributed by atoms with Crippen molar-refractivity contribution < 1.29 is 19.2 Å². The van der Waals surface area contributed by atoms with Crippen LogP contribution in [0.15, 0.2) is 73.1 Å². The summed E-state index contributed by atoms with van der Waals surface area (Å²) in [4.78, 5) is 25.9. The van der Waals surface area contributed by atoms with E-state index >= 15 is 0 Å². The SMILES string of the molecule is COc1ccc(CC(C(=O)Nc2ccc3nn(C)cc3c2)N2CON(c3cc(Cl)ccc3-n3cc(Cl)nn3)CO2)cc1. The van der Waals surface area contributed by atoms with Gasteiger partial charge in [0.2, 0.25) is 5.91 Å². The van der Waals surface area contributed by atoms with Crippen LogP contribution in [-0.4, -0.2) is 62.4 Å². The van der Waals surface area contributed by atoms with Crippen molar-refractivity contribution in [1.82, 2.24) is 29.8 Å². The van der Waals surface area contributed by atoms with E-state index in [1.807, 2.05) is 55.7 Å². The molecule has 1 atom stereocenters. The number of aryl methyl sites for hydroxylation is 1. The molecule has 1 N–H and O–H groups in total. The number of halogens is 2. The number of ether oxygens (including phenoxy) is 1. The molecule has 0 bridgehead atoms. The van der Waals surface area contributed by atoms with Crippen LogP contribution in [-0.2, 0) is 27.9 Å². The third-order valence-electron chi connectivity index (χ3n) is 6.72. The zero-order valence-corrected chi connectivity index (χ0v) is 24.2. The van der Waals surface area contributed by atoms with Crippen LogP contribution < -0.4 is 15.1 Å². The van der Waals surface area contributed by atoms with Gasteiger partial charge in [-0.2, -0.15) is 5.10 Å². The van der Waals surface area contributed by atoms with Gasteiger partial charge in [-0.15, -0.1) is 10.2 Å². The lowest BCUT2D eigenvalue weighted by Gasteiger charge is -2.38. The van der Waals surface area contributed by atoms with Gasteiger partial charge in [0.05, 0.1) is 30.2 Å². The lowest BCUT2D eigenvalue weighted by atomic mass is 10.0. The van der Waals surface area contributed by atoms with Crippen molar-refractivity contribution in [3.05, 3.63) is 88.8 Å². The smallest absolute Gasteiger partial charge is 0.244 e. The van der Waals surface area contributed by atoms with Crippen LogP contribution in [0, 0.1) is 0 Å². The minimum Gasteiger partial charge on any atom is -0.497 e. The molecule has 0 spiro atoms. The highest BCUT2D eigenvalue weighted by molar-refractivity contribution is 6.31. The van der Waals surface area contributed by atoms with E-state index in [4.69, 9.17) is 37.6 Å². The Bertz CT molecular complexity index is 1720. The lowest BCUT2D eigenvalue weighted by Crippen LogP contribution is -2.52. The summed E-state index contributed by atoms with van der Waals surface area (Å²) in [5.41, 5.74) is 3.63. The number of amides is 1. The minimum atomic E-state index is -0.724. The number of methoxy groups -OCH3 is 1. The first-order valence-electron chi connectivity index (χ1n) is 12.9. The molecule has 42 heavy (non-hydrogen) atoms. The van der Waals surface area contributed by atoms with Gasteiger partial charge in [-0.25, -0.2) is 9.75 Å². The van der Waals surface area contributed by atoms with Crippen LogP contribution in [0.1, 0.15) is 5.56 Å². The Morgan fingerprint density at radius 3 is 2.57 bits per heavy atom. The molecule has 0 aliphatic carbocycles. The standard InChI is InChI=1S/C28H26Cl2N8O4/c1-35-14-19-12-21(6-9-23(19)33-35)31-28(39)26(11-18-3-7-22(40-2)8-4-18)38-17-41-37(16-42-38)25-13-20(29)5-10-24(25)36-15-27(30)32-34-36/h3-10,12-15,26H,11,16-17H2,1-2H3,(H,31,39). The van der Waals surface area contributed by atoms with Crippen molar-refractivity contribution in [2.75, 3.05) is 31.0 Å². The van der Waals surface area contributed by atoms with E-state index in [2.05, 4.69) is 20.7 Å². The molecule has 1 amide bonds. The van der Waals surface area contributed by atoms with Crippen LogP contribution in [0.25, 0.3) is 16.6 Å². The molecule has 1 saturated heterocycles. The maximum absolute atomic E-state index is 13.7. The van der Waals surface area contributed by atoms with E-state index in [1.165, 1.54) is 14.8 Å². The van der Waals surface area contributed by atoms with E-state index in [-0.39, 0.29) is 24.5 Å². The van der Waals surface area contributed by atoms with E-state index in [0.717, 1.165) is 22.2 Å². The predicted molar refractivity (Wildman–Crippen MR) is 157 cm³/mol. The summed E-state index contributed by atoms with van der Waals surface area (Å²) in [6.07, 6.45) is 3.82. The number of aromatic nitrogens is 5. The Balaban J connectivity index is 1.22. The molecule has 1 fully saturated rings. The van der Waals surface area contributed by atoms with Gasteiger partial charge in [0.1, 0.15) is 11.8 Å². The van der Waals surface area contributed by atoms with Crippen molar-refractivity contribution in [3.8, 4) is 11.4 Å². The number of nitrogens with one attached hydrogen (secondary N) is 1. The summed E-state index contributed by atoms with van der Waals surface area (Å²) in [6, 6.07) is 17.6. The van der Waals surface area contributed by atoms with Gasteiger partial charge < -0.3 is 10.1 Å². The molecular weight excluding hydrogens is 583 g/mol. The van der Waals surface area contributed by atoms with Crippen molar-refractivity contribution in [1.29, 1.82) is 0 Å². The van der Waals surface area contributed by atoms with Crippen LogP contribution >= 0.6 is 23.2 Å². The number of hydroxylamine groups is 3. The zero-order valence-electron chi connectivity index (χ0n) is 22.6. The Labute approximate surface area is 250 Å². The first-order chi connectivity index (χ1) is 20.4. The maximum Gasteiger partial charge on any atom is 0.244 e. The van der Waals surface area contributed by atoms with Gasteiger partial charge in [0.25, 0.3) is 0 Å². The molecule has 14 heteroatoms. The van der Waals surface area contributed by atoms with Crippen LogP contribution in [0.2, 0.25) is 10.2 Å². The van der Waals surface area contributed by atoms with Gasteiger partial charge >= 0.3 is 0 Å². The maximum atomic E-state index is 13.7. The molecule has 0 saturated carbocycles. The average Bonchev–Trinajstić information content (AvgIpc) is 3.60. The Hall–Kier alpha value is -4.20. The second kappa shape index (κ2) is 12.0. The fourth-order valence-electron chi connectivity index (χ4n) is 4.66. The van der Waals surface area contributed by atoms with Gasteiger partial charge in [0.15, 0.2) is 18.6 Å². The Kier molecular flexibility index (Phi) is 7.96. The fourth-order valence-corrected chi connectivity index (χ4v) is 4.95. The molecule has 0 radical (unpaired) electrons. The van der Waals surface area contributed by atoms with Crippen LogP contribution in [0.4, 0.5) is 11.4 Å². The summed E-state index contributed by atoms with van der Waals surface area (Å²) < 4.78 is 8.53. The quantitative estimate of drug-likeness (QED) is 0.270. The second-order valence-corrected chi connectivity index (χ2v) is 10.4. The van der Waals surface area contributed by atoms with Crippen LogP contribution in [0.5, 0.6) is 5.75 Å². The minimum absolute atomic E-state index is 0.0240. The summed E-state index contributed by atoms with van der Waals surface area (Å²) in [5, 5.41) is 20.0. The number of fused-ring (bicyclic) bond motifs is 1. The number of rotatable bonds is 8. The highest BCUT2D eigenvalue weighted by atomic mass is 35.5. The Morgan fingerprint density at radius 1 is 1.02 bits per heavy atom. The summed E-state index contributed by atoms with van der Waals surface area (Å²) >= 11 is 12.3. The third-order valence-corrected chi connectivity index (χ3v) is 7.13. The number of nitrogens with zero attached hydrogens (tertiary/aromatic N) is 7. The third kappa shape index (κ3) is 6.03. The number of carbonyl (C=O) groups excluding carboxylic acids is 1. The Morgan fingerprint density at radius 2 is 1.86 bits per heavy atom. The largest absolute Gasteiger partial charge is 0.497 e. The van der Waals surface area contributed by atoms with Gasteiger partial charge in [0, 0.05) is 29.3 Å². The number of carbonyl (C=O) groups is 1. The summed E-state index contributed by atoms with van der Waals surface area (Å²) in [7, 11) is 3.46. The fraction of sp³-hybridized carbons (Fsp3) is 0.214. The zero-order chi connectivity index (χ0) is 29.2. The molecule has 3 heterocycles. The van der Waals surface area contributed by atoms with Gasteiger partial charge in [-0.05, 0) is 60.5 Å². The monoisotopic (exact) mass is 608 g/mol. The topological polar surface area (TPSA) is 112 Å². The number of anilines is 2. The van der Waals surface area contributed by atoms with E-state index in [9.17, 15) is 4.79 Å². The molecule has 3 aromatic carbocycles. The molecule has 6 rings (SSSR count). The summed E-state index contributed by atoms with van der Waals surface area (Å²) in [6.45, 7) is -0.0657. The van der Waals surface area contributed by atoms with E-state index < -0.39 is 6.04 Å². The van der Waals surface area contributed by atoms with Crippen molar-refractivity contribution in [2.45, 2.75) is 12.5 Å². The van der Waals surface area contributed by atoms with Crippen molar-refractivity contribution >= 4 is 51.4 Å². The van der Waals surface area contributed by atoms with E-state index in [0.29, 0.717) is 28.5 Å². The molecule has 216 valence electrons. The molecule has 12 nitrogen and oxygen atoms in total. The highest BCUT2D eigenvalue weighted by Gasteiger charge is 2.33. The van der Waals surface area contributed by atoms with Gasteiger partial charge in [-0.1, -0.05) is 40.5 Å². The number of benzene rings is 3. The van der Waals surface area contributed by atoms with E-state index in [1.54, 1.807) is 36.2 Å². The first kappa shape index (κ1) is 27.9. The molecule has 1 unspecified atom stereocenters. The summed E-state index contributed by atoms with van der Waals surface area (Å²) in [5.74, 6) is 0.468. The molecule has 2 aromatic heterocycles.